The summed E-state index contributed by atoms with van der Waals surface area (Å²) < 4.78 is 15.6. The van der Waals surface area contributed by atoms with Gasteiger partial charge in [0.25, 0.3) is 11.8 Å². The van der Waals surface area contributed by atoms with E-state index in [1.165, 1.54) is 14.2 Å². The van der Waals surface area contributed by atoms with E-state index in [-0.39, 0.29) is 17.2 Å². The number of nitrogens with zero attached hydrogens (tertiary/aromatic N) is 1. The predicted molar refractivity (Wildman–Crippen MR) is 101 cm³/mol. The molecule has 1 heterocycles. The van der Waals surface area contributed by atoms with Gasteiger partial charge >= 0.3 is 0 Å². The number of carbonyl (C=O) groups excluding carboxylic acids is 2. The fourth-order valence-corrected chi connectivity index (χ4v) is 3.14. The number of hydrogen-bond donors (Lipinski definition) is 0. The minimum absolute atomic E-state index is 0.110. The summed E-state index contributed by atoms with van der Waals surface area (Å²) in [6.07, 6.45) is 0. The van der Waals surface area contributed by atoms with Gasteiger partial charge in [-0.15, -0.1) is 0 Å². The van der Waals surface area contributed by atoms with Gasteiger partial charge < -0.3 is 14.2 Å². The van der Waals surface area contributed by atoms with Crippen LogP contribution in [-0.2, 0) is 16.1 Å². The van der Waals surface area contributed by atoms with Crippen LogP contribution in [0.25, 0.3) is 5.57 Å². The van der Waals surface area contributed by atoms with E-state index < -0.39 is 11.8 Å². The first kappa shape index (κ1) is 18.8. The molecule has 7 heteroatoms. The van der Waals surface area contributed by atoms with Crippen LogP contribution in [0, 0.1) is 0 Å². The van der Waals surface area contributed by atoms with Gasteiger partial charge in [0.15, 0.2) is 11.5 Å². The highest BCUT2D eigenvalue weighted by Crippen LogP contribution is 2.36. The average Bonchev–Trinajstić information content (AvgIpc) is 2.91. The zero-order valence-electron chi connectivity index (χ0n) is 15.1. The van der Waals surface area contributed by atoms with E-state index >= 15 is 0 Å². The molecule has 2 aromatic carbocycles. The molecule has 1 aliphatic rings. The average molecular weight is 388 g/mol. The summed E-state index contributed by atoms with van der Waals surface area (Å²) in [6.45, 7) is 0.120. The first-order chi connectivity index (χ1) is 13.0. The van der Waals surface area contributed by atoms with Crippen molar-refractivity contribution in [1.29, 1.82) is 0 Å². The summed E-state index contributed by atoms with van der Waals surface area (Å²) >= 11 is 6.21. The van der Waals surface area contributed by atoms with Crippen LogP contribution in [0.15, 0.2) is 47.5 Å². The second-order valence-corrected chi connectivity index (χ2v) is 6.18. The molecule has 0 aliphatic carbocycles. The highest BCUT2D eigenvalue weighted by atomic mass is 35.5. The SMILES string of the molecule is COc1ccc(CN2C(=O)C(Cl)=C(c3ccc(OC)c(OC)c3)C2=O)cc1. The molecule has 140 valence electrons. The number of methoxy groups -OCH3 is 3. The van der Waals surface area contributed by atoms with Gasteiger partial charge in [0.05, 0.1) is 33.4 Å². The zero-order chi connectivity index (χ0) is 19.6. The number of amides is 2. The quantitative estimate of drug-likeness (QED) is 0.712. The summed E-state index contributed by atoms with van der Waals surface area (Å²) in [5.74, 6) is 0.681. The molecule has 27 heavy (non-hydrogen) atoms. The summed E-state index contributed by atoms with van der Waals surface area (Å²) in [6, 6.07) is 12.1. The number of halogens is 1. The first-order valence-electron chi connectivity index (χ1n) is 8.11. The van der Waals surface area contributed by atoms with E-state index in [0.717, 1.165) is 10.5 Å². The van der Waals surface area contributed by atoms with E-state index in [4.69, 9.17) is 25.8 Å². The summed E-state index contributed by atoms with van der Waals surface area (Å²) in [5, 5.41) is -0.110. The van der Waals surface area contributed by atoms with Gasteiger partial charge in [0.1, 0.15) is 10.8 Å². The van der Waals surface area contributed by atoms with Gasteiger partial charge in [-0.05, 0) is 35.4 Å². The molecule has 6 nitrogen and oxygen atoms in total. The van der Waals surface area contributed by atoms with Crippen molar-refractivity contribution in [2.75, 3.05) is 21.3 Å². The number of benzene rings is 2. The molecule has 0 bridgehead atoms. The Kier molecular flexibility index (Phi) is 5.37. The Balaban J connectivity index is 1.89. The third-order valence-electron chi connectivity index (χ3n) is 4.28. The van der Waals surface area contributed by atoms with Crippen molar-refractivity contribution >= 4 is 29.0 Å². The number of carbonyl (C=O) groups is 2. The zero-order valence-corrected chi connectivity index (χ0v) is 15.9. The maximum atomic E-state index is 12.9. The Morgan fingerprint density at radius 2 is 1.52 bits per heavy atom. The van der Waals surface area contributed by atoms with Crippen molar-refractivity contribution in [1.82, 2.24) is 4.90 Å². The monoisotopic (exact) mass is 387 g/mol. The van der Waals surface area contributed by atoms with Crippen LogP contribution in [0.2, 0.25) is 0 Å². The number of imide groups is 1. The van der Waals surface area contributed by atoms with Crippen molar-refractivity contribution in [2.45, 2.75) is 6.54 Å². The lowest BCUT2D eigenvalue weighted by molar-refractivity contribution is -0.137. The lowest BCUT2D eigenvalue weighted by atomic mass is 10.1. The molecular formula is C20H18ClNO5. The molecule has 0 aromatic heterocycles. The van der Waals surface area contributed by atoms with Gasteiger partial charge in [0.2, 0.25) is 0 Å². The summed E-state index contributed by atoms with van der Waals surface area (Å²) in [7, 11) is 4.58. The Morgan fingerprint density at radius 1 is 0.852 bits per heavy atom. The molecule has 2 aromatic rings. The lowest BCUT2D eigenvalue weighted by Crippen LogP contribution is -2.30. The van der Waals surface area contributed by atoms with Crippen LogP contribution in [0.1, 0.15) is 11.1 Å². The van der Waals surface area contributed by atoms with Gasteiger partial charge in [-0.1, -0.05) is 29.8 Å². The van der Waals surface area contributed by atoms with Crippen LogP contribution >= 0.6 is 11.6 Å². The molecule has 0 N–H and O–H groups in total. The van der Waals surface area contributed by atoms with Crippen molar-refractivity contribution < 1.29 is 23.8 Å². The number of rotatable bonds is 6. The van der Waals surface area contributed by atoms with E-state index in [9.17, 15) is 9.59 Å². The molecule has 1 aliphatic heterocycles. The number of ether oxygens (including phenoxy) is 3. The molecule has 0 spiro atoms. The van der Waals surface area contributed by atoms with Crippen LogP contribution in [-0.4, -0.2) is 38.0 Å². The third kappa shape index (κ3) is 3.48. The van der Waals surface area contributed by atoms with E-state index in [1.54, 1.807) is 49.6 Å². The highest BCUT2D eigenvalue weighted by molar-refractivity contribution is 6.55. The highest BCUT2D eigenvalue weighted by Gasteiger charge is 2.38. The smallest absolute Gasteiger partial charge is 0.273 e. The normalized spacial score (nSPS) is 14.0. The Hall–Kier alpha value is -2.99. The van der Waals surface area contributed by atoms with Crippen LogP contribution < -0.4 is 14.2 Å². The van der Waals surface area contributed by atoms with Gasteiger partial charge in [-0.25, -0.2) is 0 Å². The van der Waals surface area contributed by atoms with Crippen molar-refractivity contribution in [3.8, 4) is 17.2 Å². The lowest BCUT2D eigenvalue weighted by Gasteiger charge is -2.15. The first-order valence-corrected chi connectivity index (χ1v) is 8.49. The van der Waals surface area contributed by atoms with Crippen molar-refractivity contribution in [3.05, 3.63) is 58.6 Å². The Labute approximate surface area is 161 Å². The molecule has 0 saturated carbocycles. The fourth-order valence-electron chi connectivity index (χ4n) is 2.85. The molecule has 0 radical (unpaired) electrons. The van der Waals surface area contributed by atoms with E-state index in [1.807, 2.05) is 0 Å². The second kappa shape index (κ2) is 7.72. The Morgan fingerprint density at radius 3 is 2.11 bits per heavy atom. The number of hydrogen-bond acceptors (Lipinski definition) is 5. The maximum absolute atomic E-state index is 12.9. The molecule has 2 amide bonds. The summed E-state index contributed by atoms with van der Waals surface area (Å²) in [5.41, 5.74) is 1.43. The van der Waals surface area contributed by atoms with Gasteiger partial charge in [0, 0.05) is 0 Å². The van der Waals surface area contributed by atoms with E-state index in [0.29, 0.717) is 22.8 Å². The minimum Gasteiger partial charge on any atom is -0.497 e. The van der Waals surface area contributed by atoms with Gasteiger partial charge in [-0.2, -0.15) is 0 Å². The largest absolute Gasteiger partial charge is 0.497 e. The molecule has 0 atom stereocenters. The van der Waals surface area contributed by atoms with Crippen molar-refractivity contribution in [3.63, 3.8) is 0 Å². The van der Waals surface area contributed by atoms with Crippen LogP contribution in [0.4, 0.5) is 0 Å². The predicted octanol–water partition coefficient (Wildman–Crippen LogP) is 3.23. The van der Waals surface area contributed by atoms with Crippen LogP contribution in [0.3, 0.4) is 0 Å². The topological polar surface area (TPSA) is 65.1 Å². The standard InChI is InChI=1S/C20H18ClNO5/c1-25-14-7-4-12(5-8-14)11-22-19(23)17(18(21)20(22)24)13-6-9-15(26-2)16(10-13)27-3/h4-10H,11H2,1-3H3. The fraction of sp³-hybridized carbons (Fsp3) is 0.200. The molecule has 0 saturated heterocycles. The molecular weight excluding hydrogens is 370 g/mol. The maximum Gasteiger partial charge on any atom is 0.273 e. The van der Waals surface area contributed by atoms with Crippen molar-refractivity contribution in [2.24, 2.45) is 0 Å². The second-order valence-electron chi connectivity index (χ2n) is 5.80. The van der Waals surface area contributed by atoms with Gasteiger partial charge in [-0.3, -0.25) is 14.5 Å². The molecule has 0 fully saturated rings. The summed E-state index contributed by atoms with van der Waals surface area (Å²) in [4.78, 5) is 26.5. The molecule has 3 rings (SSSR count). The third-order valence-corrected chi connectivity index (χ3v) is 4.63. The van der Waals surface area contributed by atoms with Crippen LogP contribution in [0.5, 0.6) is 17.2 Å². The minimum atomic E-state index is -0.526. The Bertz CT molecular complexity index is 920. The van der Waals surface area contributed by atoms with E-state index in [2.05, 4.69) is 0 Å². The molecule has 0 unspecified atom stereocenters.